The highest BCUT2D eigenvalue weighted by molar-refractivity contribution is 5.88. The van der Waals surface area contributed by atoms with Crippen LogP contribution in [0.5, 0.6) is 0 Å². The number of esters is 1. The number of carbonyl (C=O) groups is 1. The van der Waals surface area contributed by atoms with Crippen molar-refractivity contribution in [3.63, 3.8) is 0 Å². The van der Waals surface area contributed by atoms with Gasteiger partial charge in [0.1, 0.15) is 0 Å². The predicted octanol–water partition coefficient (Wildman–Crippen LogP) is 2.46. The van der Waals surface area contributed by atoms with Gasteiger partial charge in [-0.1, -0.05) is 0 Å². The van der Waals surface area contributed by atoms with E-state index in [2.05, 4.69) is 9.97 Å². The molecule has 0 spiro atoms. The molecule has 2 aromatic heterocycles. The van der Waals surface area contributed by atoms with Crippen molar-refractivity contribution in [1.29, 1.82) is 0 Å². The number of rotatable bonds is 3. The van der Waals surface area contributed by atoms with Crippen molar-refractivity contribution in [1.82, 2.24) is 9.97 Å². The second-order valence-electron chi connectivity index (χ2n) is 3.48. The Bertz CT molecular complexity index is 558. The summed E-state index contributed by atoms with van der Waals surface area (Å²) in [6, 6.07) is 6.17. The summed E-state index contributed by atoms with van der Waals surface area (Å²) in [5.41, 5.74) is 0.962. The first-order valence-corrected chi connectivity index (χ1v) is 5.46. The highest BCUT2D eigenvalue weighted by Crippen LogP contribution is 2.18. The van der Waals surface area contributed by atoms with E-state index in [4.69, 9.17) is 4.74 Å². The summed E-state index contributed by atoms with van der Waals surface area (Å²) in [5.74, 6) is -1.45. The van der Waals surface area contributed by atoms with Crippen LogP contribution in [0.1, 0.15) is 17.4 Å². The van der Waals surface area contributed by atoms with E-state index < -0.39 is 11.8 Å². The van der Waals surface area contributed by atoms with E-state index in [0.29, 0.717) is 5.69 Å². The Kier molecular flexibility index (Phi) is 3.62. The Morgan fingerprint density at radius 1 is 1.28 bits per heavy atom. The van der Waals surface area contributed by atoms with Crippen molar-refractivity contribution >= 4 is 5.97 Å². The van der Waals surface area contributed by atoms with Gasteiger partial charge in [-0.2, -0.15) is 0 Å². The molecule has 0 saturated carbocycles. The topological polar surface area (TPSA) is 52.1 Å². The molecule has 0 bridgehead atoms. The Labute approximate surface area is 103 Å². The van der Waals surface area contributed by atoms with E-state index in [9.17, 15) is 9.18 Å². The van der Waals surface area contributed by atoms with Gasteiger partial charge in [0.05, 0.1) is 12.3 Å². The number of hydrogen-bond acceptors (Lipinski definition) is 4. The molecule has 0 saturated heterocycles. The van der Waals surface area contributed by atoms with Gasteiger partial charge in [-0.3, -0.25) is 4.98 Å². The highest BCUT2D eigenvalue weighted by atomic mass is 19.1. The minimum atomic E-state index is -0.758. The minimum absolute atomic E-state index is 0.180. The second kappa shape index (κ2) is 5.35. The third-order valence-electron chi connectivity index (χ3n) is 2.29. The summed E-state index contributed by atoms with van der Waals surface area (Å²) >= 11 is 0. The zero-order chi connectivity index (χ0) is 13.0. The van der Waals surface area contributed by atoms with Crippen molar-refractivity contribution in [2.45, 2.75) is 6.92 Å². The van der Waals surface area contributed by atoms with Gasteiger partial charge < -0.3 is 4.74 Å². The van der Waals surface area contributed by atoms with Crippen molar-refractivity contribution in [3.8, 4) is 11.3 Å². The summed E-state index contributed by atoms with van der Waals surface area (Å²) in [6.07, 6.45) is 3.20. The number of ether oxygens (including phenoxy) is 1. The monoisotopic (exact) mass is 246 g/mol. The van der Waals surface area contributed by atoms with Gasteiger partial charge in [-0.15, -0.1) is 0 Å². The Morgan fingerprint density at radius 3 is 2.67 bits per heavy atom. The average Bonchev–Trinajstić information content (AvgIpc) is 2.40. The summed E-state index contributed by atoms with van der Waals surface area (Å²) in [6.45, 7) is 1.84. The zero-order valence-corrected chi connectivity index (χ0v) is 9.76. The molecule has 0 aromatic carbocycles. The normalized spacial score (nSPS) is 10.1. The lowest BCUT2D eigenvalue weighted by molar-refractivity contribution is 0.0514. The third kappa shape index (κ3) is 2.51. The summed E-state index contributed by atoms with van der Waals surface area (Å²) in [5, 5.41) is 0. The smallest absolute Gasteiger partial charge is 0.360 e. The number of hydrogen-bond donors (Lipinski definition) is 0. The molecule has 0 fully saturated rings. The number of halogens is 1. The molecule has 0 radical (unpaired) electrons. The van der Waals surface area contributed by atoms with Crippen LogP contribution in [0.4, 0.5) is 4.39 Å². The zero-order valence-electron chi connectivity index (χ0n) is 9.76. The molecule has 0 aliphatic rings. The van der Waals surface area contributed by atoms with Gasteiger partial charge in [0, 0.05) is 18.0 Å². The van der Waals surface area contributed by atoms with Crippen LogP contribution < -0.4 is 0 Å². The van der Waals surface area contributed by atoms with Crippen molar-refractivity contribution in [2.24, 2.45) is 0 Å². The average molecular weight is 246 g/mol. The largest absolute Gasteiger partial charge is 0.461 e. The fourth-order valence-corrected chi connectivity index (χ4v) is 1.47. The maximum Gasteiger partial charge on any atom is 0.360 e. The van der Waals surface area contributed by atoms with Crippen LogP contribution in [0.2, 0.25) is 0 Å². The minimum Gasteiger partial charge on any atom is -0.461 e. The fraction of sp³-hybridized carbons (Fsp3) is 0.154. The molecule has 0 unspecified atom stereocenters. The van der Waals surface area contributed by atoms with Crippen LogP contribution in [-0.2, 0) is 4.74 Å². The Balaban J connectivity index is 2.41. The van der Waals surface area contributed by atoms with Crippen molar-refractivity contribution < 1.29 is 13.9 Å². The van der Waals surface area contributed by atoms with Gasteiger partial charge in [-0.05, 0) is 31.2 Å². The van der Waals surface area contributed by atoms with E-state index in [1.807, 2.05) is 0 Å². The number of nitrogens with zero attached hydrogens (tertiary/aromatic N) is 2. The molecule has 92 valence electrons. The van der Waals surface area contributed by atoms with E-state index in [1.165, 1.54) is 12.1 Å². The maximum absolute atomic E-state index is 13.5. The lowest BCUT2D eigenvalue weighted by Gasteiger charge is -2.05. The summed E-state index contributed by atoms with van der Waals surface area (Å²) < 4.78 is 18.2. The molecular formula is C13H11FN2O2. The second-order valence-corrected chi connectivity index (χ2v) is 3.48. The SMILES string of the molecule is CCOC(=O)c1nc(-c2ccncc2)ccc1F. The molecule has 0 atom stereocenters. The first kappa shape index (κ1) is 12.2. The van der Waals surface area contributed by atoms with Gasteiger partial charge in [0.25, 0.3) is 0 Å². The molecule has 0 N–H and O–H groups in total. The molecule has 0 aliphatic carbocycles. The molecule has 18 heavy (non-hydrogen) atoms. The number of pyridine rings is 2. The fourth-order valence-electron chi connectivity index (χ4n) is 1.47. The van der Waals surface area contributed by atoms with Crippen LogP contribution in [0.3, 0.4) is 0 Å². The van der Waals surface area contributed by atoms with Crippen molar-refractivity contribution in [3.05, 3.63) is 48.2 Å². The molecule has 4 nitrogen and oxygen atoms in total. The van der Waals surface area contributed by atoms with E-state index in [0.717, 1.165) is 5.56 Å². The Morgan fingerprint density at radius 2 is 2.00 bits per heavy atom. The Hall–Kier alpha value is -2.30. The van der Waals surface area contributed by atoms with Gasteiger partial charge >= 0.3 is 5.97 Å². The standard InChI is InChI=1S/C13H11FN2O2/c1-2-18-13(17)12-10(14)3-4-11(16-12)9-5-7-15-8-6-9/h3-8H,2H2,1H3. The summed E-state index contributed by atoms with van der Waals surface area (Å²) in [4.78, 5) is 19.4. The van der Waals surface area contributed by atoms with E-state index >= 15 is 0 Å². The van der Waals surface area contributed by atoms with Gasteiger partial charge in [-0.25, -0.2) is 14.2 Å². The third-order valence-corrected chi connectivity index (χ3v) is 2.29. The van der Waals surface area contributed by atoms with Crippen LogP contribution >= 0.6 is 0 Å². The van der Waals surface area contributed by atoms with Gasteiger partial charge in [0.15, 0.2) is 11.5 Å². The van der Waals surface area contributed by atoms with Crippen LogP contribution in [0.15, 0.2) is 36.7 Å². The molecule has 0 aliphatic heterocycles. The van der Waals surface area contributed by atoms with Gasteiger partial charge in [0.2, 0.25) is 0 Å². The molecule has 5 heteroatoms. The first-order chi connectivity index (χ1) is 8.72. The molecule has 2 rings (SSSR count). The highest BCUT2D eigenvalue weighted by Gasteiger charge is 2.15. The molecular weight excluding hydrogens is 235 g/mol. The quantitative estimate of drug-likeness (QED) is 0.780. The molecule has 2 heterocycles. The summed E-state index contributed by atoms with van der Waals surface area (Å²) in [7, 11) is 0. The van der Waals surface area contributed by atoms with Crippen LogP contribution in [0, 0.1) is 5.82 Å². The van der Waals surface area contributed by atoms with Crippen LogP contribution in [-0.4, -0.2) is 22.5 Å². The molecule has 2 aromatic rings. The van der Waals surface area contributed by atoms with Crippen molar-refractivity contribution in [2.75, 3.05) is 6.61 Å². The maximum atomic E-state index is 13.5. The van der Waals surface area contributed by atoms with Crippen LogP contribution in [0.25, 0.3) is 11.3 Å². The lowest BCUT2D eigenvalue weighted by atomic mass is 10.1. The number of aromatic nitrogens is 2. The van der Waals surface area contributed by atoms with E-state index in [-0.39, 0.29) is 12.3 Å². The molecule has 0 amide bonds. The van der Waals surface area contributed by atoms with E-state index in [1.54, 1.807) is 31.5 Å². The lowest BCUT2D eigenvalue weighted by Crippen LogP contribution is -2.10. The predicted molar refractivity (Wildman–Crippen MR) is 63.4 cm³/mol. The number of carbonyl (C=O) groups excluding carboxylic acids is 1. The first-order valence-electron chi connectivity index (χ1n) is 5.46.